The van der Waals surface area contributed by atoms with Crippen molar-refractivity contribution in [2.24, 2.45) is 0 Å². The monoisotopic (exact) mass is 454 g/mol. The molecule has 3 aromatic carbocycles. The zero-order valence-corrected chi connectivity index (χ0v) is 19.5. The van der Waals surface area contributed by atoms with Crippen molar-refractivity contribution in [3.05, 3.63) is 107 Å². The third-order valence-electron chi connectivity index (χ3n) is 6.07. The van der Waals surface area contributed by atoms with E-state index in [4.69, 9.17) is 9.47 Å². The van der Waals surface area contributed by atoms with Crippen LogP contribution in [0.2, 0.25) is 0 Å². The first-order valence-corrected chi connectivity index (χ1v) is 11.3. The number of esters is 2. The summed E-state index contributed by atoms with van der Waals surface area (Å²) in [6.07, 6.45) is 0. The number of ether oxygens (including phenoxy) is 2. The minimum Gasteiger partial charge on any atom is -0.465 e. The van der Waals surface area contributed by atoms with Crippen molar-refractivity contribution in [3.8, 4) is 0 Å². The van der Waals surface area contributed by atoms with Crippen LogP contribution in [-0.4, -0.2) is 30.9 Å². The average molecular weight is 455 g/mol. The largest absolute Gasteiger partial charge is 0.465 e. The van der Waals surface area contributed by atoms with E-state index < -0.39 is 17.4 Å². The van der Waals surface area contributed by atoms with E-state index in [1.165, 1.54) is 0 Å². The Morgan fingerprint density at radius 1 is 0.735 bits per heavy atom. The Morgan fingerprint density at radius 2 is 1.29 bits per heavy atom. The number of benzene rings is 3. The second-order valence-electron chi connectivity index (χ2n) is 8.00. The molecule has 0 heterocycles. The smallest absolute Gasteiger partial charge is 0.332 e. The number of fused-ring (bicyclic) bond motifs is 1. The molecule has 0 atom stereocenters. The van der Waals surface area contributed by atoms with Crippen molar-refractivity contribution in [2.45, 2.75) is 26.2 Å². The Kier molecular flexibility index (Phi) is 6.46. The summed E-state index contributed by atoms with van der Waals surface area (Å²) in [4.78, 5) is 41.6. The van der Waals surface area contributed by atoms with Crippen LogP contribution in [-0.2, 0) is 24.5 Å². The van der Waals surface area contributed by atoms with Crippen molar-refractivity contribution in [2.75, 3.05) is 13.2 Å². The number of rotatable bonds is 7. The molecule has 1 aliphatic carbocycles. The molecule has 0 amide bonds. The molecular formula is C29H26O5. The summed E-state index contributed by atoms with van der Waals surface area (Å²) in [5.41, 5.74) is 1.48. The second-order valence-corrected chi connectivity index (χ2v) is 8.00. The minimum absolute atomic E-state index is 0.0747. The summed E-state index contributed by atoms with van der Waals surface area (Å²) in [6.45, 7) is 5.38. The van der Waals surface area contributed by atoms with Crippen LogP contribution in [0, 0.1) is 6.92 Å². The van der Waals surface area contributed by atoms with E-state index in [0.717, 1.165) is 5.56 Å². The third kappa shape index (κ3) is 3.54. The van der Waals surface area contributed by atoms with Crippen molar-refractivity contribution in [1.29, 1.82) is 0 Å². The van der Waals surface area contributed by atoms with E-state index in [9.17, 15) is 14.4 Å². The average Bonchev–Trinajstić information content (AvgIpc) is 3.17. The van der Waals surface area contributed by atoms with E-state index >= 15 is 0 Å². The fourth-order valence-electron chi connectivity index (χ4n) is 4.63. The van der Waals surface area contributed by atoms with Crippen LogP contribution in [0.1, 0.15) is 46.5 Å². The molecular weight excluding hydrogens is 428 g/mol. The van der Waals surface area contributed by atoms with Gasteiger partial charge in [-0.15, -0.1) is 0 Å². The molecule has 0 fully saturated rings. The van der Waals surface area contributed by atoms with Crippen LogP contribution in [0.5, 0.6) is 0 Å². The quantitative estimate of drug-likeness (QED) is 0.280. The lowest BCUT2D eigenvalue weighted by molar-refractivity contribution is -0.161. The molecule has 0 bridgehead atoms. The summed E-state index contributed by atoms with van der Waals surface area (Å²) in [7, 11) is 0. The van der Waals surface area contributed by atoms with Crippen molar-refractivity contribution in [3.63, 3.8) is 0 Å². The maximum absolute atomic E-state index is 14.1. The van der Waals surface area contributed by atoms with Crippen LogP contribution in [0.25, 0.3) is 11.1 Å². The number of Topliss-reactive ketones (excluding diaryl/α,β-unsaturated/α-hetero) is 1. The fourth-order valence-corrected chi connectivity index (χ4v) is 4.63. The summed E-state index contributed by atoms with van der Waals surface area (Å²) < 4.78 is 11.0. The van der Waals surface area contributed by atoms with Crippen molar-refractivity contribution < 1.29 is 23.9 Å². The number of hydrogen-bond acceptors (Lipinski definition) is 5. The van der Waals surface area contributed by atoms with Gasteiger partial charge in [0.15, 0.2) is 5.78 Å². The Balaban J connectivity index is 2.16. The van der Waals surface area contributed by atoms with E-state index in [2.05, 4.69) is 0 Å². The van der Waals surface area contributed by atoms with E-state index in [1.807, 2.05) is 37.3 Å². The molecule has 0 unspecified atom stereocenters. The molecule has 0 radical (unpaired) electrons. The van der Waals surface area contributed by atoms with Crippen LogP contribution >= 0.6 is 0 Å². The molecule has 172 valence electrons. The SMILES string of the molecule is CCOC(=O)C1(C(=O)OCC)C(c2ccccc2)=C(C(=O)c2ccccc2C)c2ccccc21. The first-order valence-electron chi connectivity index (χ1n) is 11.3. The molecule has 4 rings (SSSR count). The van der Waals surface area contributed by atoms with Gasteiger partial charge in [-0.3, -0.25) is 14.4 Å². The second kappa shape index (κ2) is 9.48. The molecule has 5 nitrogen and oxygen atoms in total. The predicted molar refractivity (Wildman–Crippen MR) is 130 cm³/mol. The predicted octanol–water partition coefficient (Wildman–Crippen LogP) is 5.17. The summed E-state index contributed by atoms with van der Waals surface area (Å²) >= 11 is 0. The van der Waals surface area contributed by atoms with Gasteiger partial charge >= 0.3 is 11.9 Å². The summed E-state index contributed by atoms with van der Waals surface area (Å²) in [5, 5.41) is 0. The number of carbonyl (C=O) groups excluding carboxylic acids is 3. The molecule has 34 heavy (non-hydrogen) atoms. The van der Waals surface area contributed by atoms with Gasteiger partial charge in [0.05, 0.1) is 13.2 Å². The van der Waals surface area contributed by atoms with Gasteiger partial charge in [-0.25, -0.2) is 0 Å². The molecule has 0 saturated carbocycles. The first-order chi connectivity index (χ1) is 16.5. The van der Waals surface area contributed by atoms with E-state index in [1.54, 1.807) is 62.4 Å². The number of hydrogen-bond donors (Lipinski definition) is 0. The van der Waals surface area contributed by atoms with Crippen molar-refractivity contribution in [1.82, 2.24) is 0 Å². The van der Waals surface area contributed by atoms with Crippen LogP contribution in [0.15, 0.2) is 78.9 Å². The molecule has 0 aliphatic heterocycles. The highest BCUT2D eigenvalue weighted by molar-refractivity contribution is 6.42. The lowest BCUT2D eigenvalue weighted by atomic mass is 9.74. The first kappa shape index (κ1) is 23.2. The Hall–Kier alpha value is -3.99. The van der Waals surface area contributed by atoms with Crippen LogP contribution < -0.4 is 0 Å². The minimum atomic E-state index is -1.92. The molecule has 1 aliphatic rings. The Bertz CT molecular complexity index is 1270. The standard InChI is InChI=1S/C29H26O5/c1-4-33-27(31)29(28(32)34-5-2)23-18-12-11-17-22(23)24(25(29)20-14-7-6-8-15-20)26(30)21-16-10-9-13-19(21)3/h6-18H,4-5H2,1-3H3. The fraction of sp³-hybridized carbons (Fsp3) is 0.207. The summed E-state index contributed by atoms with van der Waals surface area (Å²) in [5.74, 6) is -1.78. The topological polar surface area (TPSA) is 69.7 Å². The van der Waals surface area contributed by atoms with Gasteiger partial charge in [0, 0.05) is 16.7 Å². The number of carbonyl (C=O) groups is 3. The maximum Gasteiger partial charge on any atom is 0.332 e. The molecule has 3 aromatic rings. The highest BCUT2D eigenvalue weighted by Gasteiger charge is 2.60. The number of aryl methyl sites for hydroxylation is 1. The van der Waals surface area contributed by atoms with Gasteiger partial charge in [0.2, 0.25) is 5.41 Å². The lowest BCUT2D eigenvalue weighted by Gasteiger charge is -2.29. The number of allylic oxidation sites excluding steroid dienone is 1. The molecule has 0 spiro atoms. The maximum atomic E-state index is 14.1. The van der Waals surface area contributed by atoms with E-state index in [0.29, 0.717) is 33.4 Å². The van der Waals surface area contributed by atoms with Crippen LogP contribution in [0.4, 0.5) is 0 Å². The number of ketones is 1. The summed E-state index contributed by atoms with van der Waals surface area (Å²) in [6, 6.07) is 23.3. The van der Waals surface area contributed by atoms with Gasteiger partial charge in [0.25, 0.3) is 0 Å². The van der Waals surface area contributed by atoms with Crippen LogP contribution in [0.3, 0.4) is 0 Å². The normalized spacial score (nSPS) is 13.9. The third-order valence-corrected chi connectivity index (χ3v) is 6.07. The molecule has 0 aromatic heterocycles. The Labute approximate surface area is 199 Å². The van der Waals surface area contributed by atoms with Gasteiger partial charge in [-0.05, 0) is 43.0 Å². The molecule has 0 N–H and O–H groups in total. The lowest BCUT2D eigenvalue weighted by Crippen LogP contribution is -2.46. The highest BCUT2D eigenvalue weighted by Crippen LogP contribution is 2.53. The van der Waals surface area contributed by atoms with Gasteiger partial charge in [-0.1, -0.05) is 78.9 Å². The van der Waals surface area contributed by atoms with Crippen molar-refractivity contribution >= 4 is 28.9 Å². The zero-order chi connectivity index (χ0) is 24.3. The molecule has 5 heteroatoms. The van der Waals surface area contributed by atoms with Gasteiger partial charge < -0.3 is 9.47 Å². The zero-order valence-electron chi connectivity index (χ0n) is 19.5. The van der Waals surface area contributed by atoms with Gasteiger partial charge in [-0.2, -0.15) is 0 Å². The van der Waals surface area contributed by atoms with Gasteiger partial charge in [0.1, 0.15) is 0 Å². The highest BCUT2D eigenvalue weighted by atomic mass is 16.6. The van der Waals surface area contributed by atoms with E-state index in [-0.39, 0.29) is 19.0 Å². The Morgan fingerprint density at radius 3 is 1.91 bits per heavy atom. The molecule has 0 saturated heterocycles.